The minimum atomic E-state index is -0.509. The number of halogens is 2. The Bertz CT molecular complexity index is 389. The SMILES string of the molecule is COc1c(Cl)ccc(F)c1CN=C=O. The minimum Gasteiger partial charge on any atom is -0.495 e. The van der Waals surface area contributed by atoms with E-state index in [0.717, 1.165) is 0 Å². The zero-order chi connectivity index (χ0) is 10.6. The van der Waals surface area contributed by atoms with Crippen LogP contribution in [0.15, 0.2) is 17.1 Å². The van der Waals surface area contributed by atoms with E-state index in [1.807, 2.05) is 0 Å². The fourth-order valence-electron chi connectivity index (χ4n) is 1.05. The Morgan fingerprint density at radius 3 is 2.93 bits per heavy atom. The second-order valence-corrected chi connectivity index (χ2v) is 2.86. The van der Waals surface area contributed by atoms with Crippen LogP contribution in [0.4, 0.5) is 4.39 Å². The highest BCUT2D eigenvalue weighted by molar-refractivity contribution is 6.32. The summed E-state index contributed by atoms with van der Waals surface area (Å²) >= 11 is 5.75. The lowest BCUT2D eigenvalue weighted by atomic mass is 10.2. The highest BCUT2D eigenvalue weighted by Crippen LogP contribution is 2.30. The van der Waals surface area contributed by atoms with Gasteiger partial charge >= 0.3 is 0 Å². The molecular formula is C9H7ClFNO2. The lowest BCUT2D eigenvalue weighted by molar-refractivity contribution is 0.405. The molecule has 0 amide bonds. The first-order chi connectivity index (χ1) is 6.70. The first kappa shape index (κ1) is 10.7. The summed E-state index contributed by atoms with van der Waals surface area (Å²) in [4.78, 5) is 13.2. The summed E-state index contributed by atoms with van der Waals surface area (Å²) in [5.74, 6) is -0.309. The molecule has 0 aliphatic carbocycles. The van der Waals surface area contributed by atoms with Crippen LogP contribution in [0, 0.1) is 5.82 Å². The van der Waals surface area contributed by atoms with Crippen LogP contribution in [0.25, 0.3) is 0 Å². The molecule has 5 heteroatoms. The lowest BCUT2D eigenvalue weighted by Gasteiger charge is -2.08. The van der Waals surface area contributed by atoms with Gasteiger partial charge in [-0.05, 0) is 12.1 Å². The number of methoxy groups -OCH3 is 1. The summed E-state index contributed by atoms with van der Waals surface area (Å²) in [7, 11) is 1.37. The Hall–Kier alpha value is -1.38. The van der Waals surface area contributed by atoms with Crippen LogP contribution in [-0.4, -0.2) is 13.2 Å². The van der Waals surface area contributed by atoms with Crippen LogP contribution in [0.3, 0.4) is 0 Å². The van der Waals surface area contributed by atoms with Gasteiger partial charge in [0.15, 0.2) is 0 Å². The molecule has 3 nitrogen and oxygen atoms in total. The van der Waals surface area contributed by atoms with Gasteiger partial charge in [0.2, 0.25) is 6.08 Å². The van der Waals surface area contributed by atoms with E-state index in [4.69, 9.17) is 16.3 Å². The summed E-state index contributed by atoms with van der Waals surface area (Å²) in [5.41, 5.74) is 0.156. The second kappa shape index (κ2) is 4.74. The summed E-state index contributed by atoms with van der Waals surface area (Å²) in [6.07, 6.45) is 1.32. The van der Waals surface area contributed by atoms with Gasteiger partial charge in [0.05, 0.1) is 24.2 Å². The Balaban J connectivity index is 3.21. The zero-order valence-corrected chi connectivity index (χ0v) is 8.14. The van der Waals surface area contributed by atoms with Gasteiger partial charge in [-0.25, -0.2) is 14.2 Å². The molecule has 0 aliphatic heterocycles. The Kier molecular flexibility index (Phi) is 3.63. The molecule has 1 aromatic rings. The number of ether oxygens (including phenoxy) is 1. The molecule has 74 valence electrons. The van der Waals surface area contributed by atoms with Gasteiger partial charge in [-0.3, -0.25) is 0 Å². The molecule has 1 aromatic carbocycles. The standard InChI is InChI=1S/C9H7ClFNO2/c1-14-9-6(4-12-5-13)8(11)3-2-7(9)10/h2-3H,4H2,1H3. The van der Waals surface area contributed by atoms with Crippen molar-refractivity contribution in [2.45, 2.75) is 6.54 Å². The molecule has 1 rings (SSSR count). The van der Waals surface area contributed by atoms with Crippen molar-refractivity contribution in [3.8, 4) is 5.75 Å². The molecule has 0 spiro atoms. The number of aliphatic imine (C=N–C) groups is 1. The molecule has 0 saturated heterocycles. The molecule has 0 aromatic heterocycles. The van der Waals surface area contributed by atoms with Crippen molar-refractivity contribution in [3.63, 3.8) is 0 Å². The summed E-state index contributed by atoms with van der Waals surface area (Å²) in [6.45, 7) is -0.126. The second-order valence-electron chi connectivity index (χ2n) is 2.45. The molecule has 0 radical (unpaired) electrons. The fourth-order valence-corrected chi connectivity index (χ4v) is 1.31. The zero-order valence-electron chi connectivity index (χ0n) is 7.38. The monoisotopic (exact) mass is 215 g/mol. The van der Waals surface area contributed by atoms with Crippen molar-refractivity contribution in [2.75, 3.05) is 7.11 Å². The van der Waals surface area contributed by atoms with Crippen LogP contribution >= 0.6 is 11.6 Å². The van der Waals surface area contributed by atoms with Crippen molar-refractivity contribution in [1.82, 2.24) is 0 Å². The third kappa shape index (κ3) is 2.10. The smallest absolute Gasteiger partial charge is 0.235 e. The van der Waals surface area contributed by atoms with E-state index >= 15 is 0 Å². The minimum absolute atomic E-state index is 0.126. The normalized spacial score (nSPS) is 9.36. The molecule has 0 saturated carbocycles. The van der Waals surface area contributed by atoms with Crippen molar-refractivity contribution < 1.29 is 13.9 Å². The molecule has 0 unspecified atom stereocenters. The van der Waals surface area contributed by atoms with Gasteiger partial charge in [0, 0.05) is 0 Å². The first-order valence-corrected chi connectivity index (χ1v) is 4.13. The van der Waals surface area contributed by atoms with Crippen LogP contribution in [0.2, 0.25) is 5.02 Å². The van der Waals surface area contributed by atoms with E-state index in [9.17, 15) is 9.18 Å². The summed E-state index contributed by atoms with van der Waals surface area (Å²) < 4.78 is 18.1. The molecule has 14 heavy (non-hydrogen) atoms. The number of nitrogens with zero attached hydrogens (tertiary/aromatic N) is 1. The van der Waals surface area contributed by atoms with Crippen LogP contribution in [0.1, 0.15) is 5.56 Å². The van der Waals surface area contributed by atoms with Crippen LogP contribution < -0.4 is 4.74 Å². The molecule has 0 heterocycles. The largest absolute Gasteiger partial charge is 0.495 e. The maximum absolute atomic E-state index is 13.2. The number of rotatable bonds is 3. The fraction of sp³-hybridized carbons (Fsp3) is 0.222. The van der Waals surface area contributed by atoms with Crippen molar-refractivity contribution >= 4 is 17.7 Å². The van der Waals surface area contributed by atoms with Gasteiger partial charge in [-0.1, -0.05) is 11.6 Å². The molecular weight excluding hydrogens is 209 g/mol. The number of isocyanates is 1. The van der Waals surface area contributed by atoms with Crippen molar-refractivity contribution in [2.24, 2.45) is 4.99 Å². The van der Waals surface area contributed by atoms with E-state index in [1.165, 1.54) is 25.3 Å². The molecule has 0 aliphatic rings. The van der Waals surface area contributed by atoms with Gasteiger partial charge in [0.25, 0.3) is 0 Å². The lowest BCUT2D eigenvalue weighted by Crippen LogP contribution is -1.95. The molecule has 0 fully saturated rings. The van der Waals surface area contributed by atoms with E-state index in [1.54, 1.807) is 0 Å². The molecule has 0 N–H and O–H groups in total. The predicted molar refractivity (Wildman–Crippen MR) is 49.8 cm³/mol. The molecule has 0 bridgehead atoms. The van der Waals surface area contributed by atoms with Crippen molar-refractivity contribution in [3.05, 3.63) is 28.5 Å². The Morgan fingerprint density at radius 2 is 2.36 bits per heavy atom. The summed E-state index contributed by atoms with van der Waals surface area (Å²) in [5, 5.41) is 0.282. The van der Waals surface area contributed by atoms with Gasteiger partial charge < -0.3 is 4.74 Å². The number of benzene rings is 1. The molecule has 0 atom stereocenters. The van der Waals surface area contributed by atoms with Gasteiger partial charge in [0.1, 0.15) is 11.6 Å². The maximum Gasteiger partial charge on any atom is 0.235 e. The van der Waals surface area contributed by atoms with E-state index in [0.29, 0.717) is 0 Å². The van der Waals surface area contributed by atoms with E-state index < -0.39 is 5.82 Å². The highest BCUT2D eigenvalue weighted by atomic mass is 35.5. The predicted octanol–water partition coefficient (Wildman–Crippen LogP) is 2.32. The number of carbonyl (C=O) groups excluding carboxylic acids is 1. The Morgan fingerprint density at radius 1 is 1.64 bits per heavy atom. The van der Waals surface area contributed by atoms with Gasteiger partial charge in [-0.15, -0.1) is 0 Å². The number of hydrogen-bond donors (Lipinski definition) is 0. The quantitative estimate of drug-likeness (QED) is 0.573. The topological polar surface area (TPSA) is 38.7 Å². The van der Waals surface area contributed by atoms with Crippen LogP contribution in [0.5, 0.6) is 5.75 Å². The van der Waals surface area contributed by atoms with Crippen molar-refractivity contribution in [1.29, 1.82) is 0 Å². The third-order valence-electron chi connectivity index (χ3n) is 1.66. The van der Waals surface area contributed by atoms with Crippen LogP contribution in [-0.2, 0) is 11.3 Å². The highest BCUT2D eigenvalue weighted by Gasteiger charge is 2.12. The number of hydrogen-bond acceptors (Lipinski definition) is 3. The third-order valence-corrected chi connectivity index (χ3v) is 1.96. The van der Waals surface area contributed by atoms with E-state index in [-0.39, 0.29) is 22.9 Å². The van der Waals surface area contributed by atoms with Gasteiger partial charge in [-0.2, -0.15) is 0 Å². The first-order valence-electron chi connectivity index (χ1n) is 3.75. The Labute approximate surface area is 85.2 Å². The van der Waals surface area contributed by atoms with E-state index in [2.05, 4.69) is 4.99 Å². The average Bonchev–Trinajstić information content (AvgIpc) is 2.19. The summed E-state index contributed by atoms with van der Waals surface area (Å²) in [6, 6.07) is 2.57. The maximum atomic E-state index is 13.2. The average molecular weight is 216 g/mol.